The second-order valence-corrected chi connectivity index (χ2v) is 7.50. The molecule has 136 valence electrons. The molecule has 0 aliphatic carbocycles. The Morgan fingerprint density at radius 1 is 1.19 bits per heavy atom. The lowest BCUT2D eigenvalue weighted by Crippen LogP contribution is -2.11. The topological polar surface area (TPSA) is 51.2 Å². The molecule has 26 heavy (non-hydrogen) atoms. The van der Waals surface area contributed by atoms with Crippen molar-refractivity contribution in [2.75, 3.05) is 11.9 Å². The first-order valence-electron chi connectivity index (χ1n) is 8.68. The minimum atomic E-state index is -0.199. The molecule has 1 amide bonds. The van der Waals surface area contributed by atoms with Crippen LogP contribution in [0.3, 0.4) is 0 Å². The molecule has 3 rings (SSSR count). The van der Waals surface area contributed by atoms with Gasteiger partial charge in [0, 0.05) is 5.56 Å². The lowest BCUT2D eigenvalue weighted by Gasteiger charge is -2.06. The number of nitrogens with zero attached hydrogens (tertiary/aromatic N) is 1. The fourth-order valence-corrected chi connectivity index (χ4v) is 3.78. The summed E-state index contributed by atoms with van der Waals surface area (Å²) in [5.41, 5.74) is 2.42. The number of halogens is 1. The molecule has 0 unspecified atom stereocenters. The normalized spacial score (nSPS) is 10.9. The van der Waals surface area contributed by atoms with Gasteiger partial charge in [0.25, 0.3) is 5.91 Å². The van der Waals surface area contributed by atoms with E-state index in [0.29, 0.717) is 22.3 Å². The van der Waals surface area contributed by atoms with Gasteiger partial charge in [0.15, 0.2) is 5.13 Å². The van der Waals surface area contributed by atoms with Gasteiger partial charge in [-0.2, -0.15) is 0 Å². The molecule has 6 heteroatoms. The SMILES string of the molecule is CCCCCOc1ccc(C(=O)Nc2nc3c(C)ccc(Cl)c3s2)cc1. The highest BCUT2D eigenvalue weighted by Gasteiger charge is 2.13. The molecule has 1 heterocycles. The molecular formula is C20H21ClN2O2S. The van der Waals surface area contributed by atoms with E-state index in [0.717, 1.165) is 34.4 Å². The minimum Gasteiger partial charge on any atom is -0.494 e. The molecule has 1 N–H and O–H groups in total. The summed E-state index contributed by atoms with van der Waals surface area (Å²) in [5, 5.41) is 4.04. The summed E-state index contributed by atoms with van der Waals surface area (Å²) in [6.07, 6.45) is 3.36. The fraction of sp³-hybridized carbons (Fsp3) is 0.300. The Balaban J connectivity index is 1.66. The smallest absolute Gasteiger partial charge is 0.257 e. The van der Waals surface area contributed by atoms with Crippen LogP contribution in [-0.4, -0.2) is 17.5 Å². The number of carbonyl (C=O) groups is 1. The van der Waals surface area contributed by atoms with Gasteiger partial charge in [-0.25, -0.2) is 4.98 Å². The van der Waals surface area contributed by atoms with E-state index in [9.17, 15) is 4.79 Å². The van der Waals surface area contributed by atoms with E-state index in [-0.39, 0.29) is 5.91 Å². The predicted octanol–water partition coefficient (Wildman–Crippen LogP) is 6.08. The average Bonchev–Trinajstić information content (AvgIpc) is 3.07. The maximum absolute atomic E-state index is 12.5. The molecule has 0 saturated carbocycles. The molecule has 2 aromatic carbocycles. The van der Waals surface area contributed by atoms with Gasteiger partial charge in [-0.05, 0) is 49.2 Å². The van der Waals surface area contributed by atoms with Crippen LogP contribution < -0.4 is 10.1 Å². The molecule has 0 spiro atoms. The van der Waals surface area contributed by atoms with Crippen molar-refractivity contribution in [3.05, 3.63) is 52.5 Å². The number of ether oxygens (including phenoxy) is 1. The average molecular weight is 389 g/mol. The van der Waals surface area contributed by atoms with Crippen LogP contribution in [0.5, 0.6) is 5.75 Å². The van der Waals surface area contributed by atoms with Crippen molar-refractivity contribution >= 4 is 44.2 Å². The Morgan fingerprint density at radius 3 is 2.65 bits per heavy atom. The monoisotopic (exact) mass is 388 g/mol. The van der Waals surface area contributed by atoms with E-state index in [2.05, 4.69) is 17.2 Å². The number of nitrogens with one attached hydrogen (secondary N) is 1. The van der Waals surface area contributed by atoms with Crippen LogP contribution in [0.15, 0.2) is 36.4 Å². The van der Waals surface area contributed by atoms with Gasteiger partial charge in [-0.15, -0.1) is 0 Å². The Morgan fingerprint density at radius 2 is 1.96 bits per heavy atom. The number of fused-ring (bicyclic) bond motifs is 1. The molecule has 0 atom stereocenters. The van der Waals surface area contributed by atoms with Gasteiger partial charge >= 0.3 is 0 Å². The number of amides is 1. The zero-order valence-corrected chi connectivity index (χ0v) is 16.4. The van der Waals surface area contributed by atoms with Gasteiger partial charge in [0.2, 0.25) is 0 Å². The number of thiazole rings is 1. The van der Waals surface area contributed by atoms with E-state index in [1.54, 1.807) is 12.1 Å². The third-order valence-electron chi connectivity index (χ3n) is 4.05. The molecule has 4 nitrogen and oxygen atoms in total. The highest BCUT2D eigenvalue weighted by atomic mass is 35.5. The Hall–Kier alpha value is -2.11. The van der Waals surface area contributed by atoms with Crippen LogP contribution in [0, 0.1) is 6.92 Å². The minimum absolute atomic E-state index is 0.199. The molecule has 0 aliphatic rings. The number of anilines is 1. The van der Waals surface area contributed by atoms with Gasteiger partial charge in [0.1, 0.15) is 5.75 Å². The van der Waals surface area contributed by atoms with Crippen LogP contribution >= 0.6 is 22.9 Å². The van der Waals surface area contributed by atoms with Crippen LogP contribution in [0.2, 0.25) is 5.02 Å². The van der Waals surface area contributed by atoms with Crippen molar-refractivity contribution in [2.45, 2.75) is 33.1 Å². The zero-order chi connectivity index (χ0) is 18.5. The lowest BCUT2D eigenvalue weighted by molar-refractivity contribution is 0.102. The van der Waals surface area contributed by atoms with E-state index < -0.39 is 0 Å². The first-order chi connectivity index (χ1) is 12.6. The quantitative estimate of drug-likeness (QED) is 0.499. The number of unbranched alkanes of at least 4 members (excludes halogenated alkanes) is 2. The number of hydrogen-bond donors (Lipinski definition) is 1. The highest BCUT2D eigenvalue weighted by Crippen LogP contribution is 2.34. The molecule has 0 fully saturated rings. The summed E-state index contributed by atoms with van der Waals surface area (Å²) in [6, 6.07) is 10.9. The Kier molecular flexibility index (Phi) is 6.12. The van der Waals surface area contributed by atoms with E-state index >= 15 is 0 Å². The number of carbonyl (C=O) groups excluding carboxylic acids is 1. The molecule has 3 aromatic rings. The van der Waals surface area contributed by atoms with Crippen molar-refractivity contribution in [1.29, 1.82) is 0 Å². The zero-order valence-electron chi connectivity index (χ0n) is 14.8. The number of rotatable bonds is 7. The van der Waals surface area contributed by atoms with Crippen LogP contribution in [0.25, 0.3) is 10.2 Å². The molecular weight excluding hydrogens is 368 g/mol. The largest absolute Gasteiger partial charge is 0.494 e. The summed E-state index contributed by atoms with van der Waals surface area (Å²) < 4.78 is 6.56. The summed E-state index contributed by atoms with van der Waals surface area (Å²) >= 11 is 7.60. The van der Waals surface area contributed by atoms with Gasteiger partial charge in [-0.1, -0.05) is 48.8 Å². The maximum Gasteiger partial charge on any atom is 0.257 e. The summed E-state index contributed by atoms with van der Waals surface area (Å²) in [5.74, 6) is 0.579. The number of aryl methyl sites for hydroxylation is 1. The molecule has 0 saturated heterocycles. The third-order valence-corrected chi connectivity index (χ3v) is 5.48. The summed E-state index contributed by atoms with van der Waals surface area (Å²) in [6.45, 7) is 4.84. The van der Waals surface area contributed by atoms with Crippen molar-refractivity contribution in [1.82, 2.24) is 4.98 Å². The van der Waals surface area contributed by atoms with Crippen molar-refractivity contribution in [3.63, 3.8) is 0 Å². The van der Waals surface area contributed by atoms with Crippen LogP contribution in [0.4, 0.5) is 5.13 Å². The lowest BCUT2D eigenvalue weighted by atomic mass is 10.2. The van der Waals surface area contributed by atoms with Crippen molar-refractivity contribution in [3.8, 4) is 5.75 Å². The van der Waals surface area contributed by atoms with Gasteiger partial charge in [-0.3, -0.25) is 10.1 Å². The van der Waals surface area contributed by atoms with Gasteiger partial charge < -0.3 is 4.74 Å². The van der Waals surface area contributed by atoms with Crippen molar-refractivity contribution in [2.24, 2.45) is 0 Å². The van der Waals surface area contributed by atoms with E-state index in [1.807, 2.05) is 31.2 Å². The van der Waals surface area contributed by atoms with Crippen LogP contribution in [-0.2, 0) is 0 Å². The molecule has 1 aromatic heterocycles. The molecule has 0 aliphatic heterocycles. The second kappa shape index (κ2) is 8.52. The standard InChI is InChI=1S/C20H21ClN2O2S/c1-3-4-5-12-25-15-9-7-14(8-10-15)19(24)23-20-22-17-13(2)6-11-16(21)18(17)26-20/h6-11H,3-5,12H2,1-2H3,(H,22,23,24). The van der Waals surface area contributed by atoms with Crippen LogP contribution in [0.1, 0.15) is 42.1 Å². The van der Waals surface area contributed by atoms with Gasteiger partial charge in [0.05, 0.1) is 21.8 Å². The second-order valence-electron chi connectivity index (χ2n) is 6.10. The molecule has 0 bridgehead atoms. The summed E-state index contributed by atoms with van der Waals surface area (Å²) in [4.78, 5) is 16.9. The third kappa shape index (κ3) is 4.34. The maximum atomic E-state index is 12.5. The first-order valence-corrected chi connectivity index (χ1v) is 9.87. The first kappa shape index (κ1) is 18.7. The van der Waals surface area contributed by atoms with Crippen molar-refractivity contribution < 1.29 is 9.53 Å². The number of benzene rings is 2. The van der Waals surface area contributed by atoms with E-state index in [1.165, 1.54) is 17.8 Å². The number of aromatic nitrogens is 1. The summed E-state index contributed by atoms with van der Waals surface area (Å²) in [7, 11) is 0. The predicted molar refractivity (Wildman–Crippen MR) is 109 cm³/mol. The van der Waals surface area contributed by atoms with E-state index in [4.69, 9.17) is 16.3 Å². The fourth-order valence-electron chi connectivity index (χ4n) is 2.57. The highest BCUT2D eigenvalue weighted by molar-refractivity contribution is 7.23. The Labute approximate surface area is 162 Å². The molecule has 0 radical (unpaired) electrons. The Bertz CT molecular complexity index is 867. The number of hydrogen-bond acceptors (Lipinski definition) is 4.